The quantitative estimate of drug-likeness (QED) is 0.481. The molecule has 9 nitrogen and oxygen atoms in total. The lowest BCUT2D eigenvalue weighted by atomic mass is 9.86. The summed E-state index contributed by atoms with van der Waals surface area (Å²) >= 11 is 0. The Labute approximate surface area is 211 Å². The number of rotatable bonds is 8. The summed E-state index contributed by atoms with van der Waals surface area (Å²) in [6.45, 7) is 4.40. The average Bonchev–Trinajstić information content (AvgIpc) is 3.29. The third-order valence-electron chi connectivity index (χ3n) is 6.31. The van der Waals surface area contributed by atoms with E-state index in [0.29, 0.717) is 13.0 Å². The Bertz CT molecular complexity index is 1030. The summed E-state index contributed by atoms with van der Waals surface area (Å²) in [5.41, 5.74) is 2.60. The maximum absolute atomic E-state index is 13.4. The molecule has 1 aliphatic rings. The van der Waals surface area contributed by atoms with Crippen molar-refractivity contribution >= 4 is 23.6 Å². The first kappa shape index (κ1) is 27.1. The number of H-pyrrole nitrogens is 1. The summed E-state index contributed by atoms with van der Waals surface area (Å²) in [6.07, 6.45) is 4.87. The summed E-state index contributed by atoms with van der Waals surface area (Å²) in [6, 6.07) is 8.43. The molecule has 194 valence electrons. The largest absolute Gasteiger partial charge is 0.445 e. The molecule has 1 aromatic carbocycles. The smallest absolute Gasteiger partial charge is 0.408 e. The monoisotopic (exact) mass is 496 g/mol. The van der Waals surface area contributed by atoms with Crippen molar-refractivity contribution < 1.29 is 23.9 Å². The highest BCUT2D eigenvalue weighted by molar-refractivity contribution is 6.37. The molecule has 1 aliphatic heterocycles. The second-order valence-corrected chi connectivity index (χ2v) is 9.76. The summed E-state index contributed by atoms with van der Waals surface area (Å²) in [4.78, 5) is 51.4. The van der Waals surface area contributed by atoms with Gasteiger partial charge in [-0.2, -0.15) is 5.10 Å². The first-order valence-corrected chi connectivity index (χ1v) is 12.7. The van der Waals surface area contributed by atoms with Crippen LogP contribution in [0.5, 0.6) is 0 Å². The van der Waals surface area contributed by atoms with Crippen molar-refractivity contribution in [1.29, 1.82) is 0 Å². The minimum atomic E-state index is -0.843. The highest BCUT2D eigenvalue weighted by Gasteiger charge is 2.32. The molecule has 0 saturated carbocycles. The lowest BCUT2D eigenvalue weighted by molar-refractivity contribution is -0.141. The number of aryl methyl sites for hydroxylation is 1. The molecule has 0 aliphatic carbocycles. The molecule has 0 fully saturated rings. The third-order valence-corrected chi connectivity index (χ3v) is 6.31. The molecule has 1 aromatic heterocycles. The minimum absolute atomic E-state index is 0.0831. The van der Waals surface area contributed by atoms with Gasteiger partial charge in [-0.3, -0.25) is 19.5 Å². The van der Waals surface area contributed by atoms with Crippen LogP contribution in [0, 0.1) is 11.8 Å². The number of carbonyl (C=O) groups is 4. The average molecular weight is 497 g/mol. The Kier molecular flexibility index (Phi) is 10.2. The van der Waals surface area contributed by atoms with Gasteiger partial charge in [-0.1, -0.05) is 50.6 Å². The number of aromatic amines is 1. The molecule has 2 heterocycles. The first-order chi connectivity index (χ1) is 17.3. The topological polar surface area (TPSA) is 130 Å². The third kappa shape index (κ3) is 8.32. The summed E-state index contributed by atoms with van der Waals surface area (Å²) < 4.78 is 5.30. The highest BCUT2D eigenvalue weighted by Crippen LogP contribution is 2.21. The Balaban J connectivity index is 1.71. The van der Waals surface area contributed by atoms with Crippen molar-refractivity contribution in [3.05, 3.63) is 53.3 Å². The molecule has 2 unspecified atom stereocenters. The highest BCUT2D eigenvalue weighted by atomic mass is 16.5. The molecule has 0 spiro atoms. The van der Waals surface area contributed by atoms with Crippen molar-refractivity contribution in [2.45, 2.75) is 71.4 Å². The van der Waals surface area contributed by atoms with Crippen molar-refractivity contribution in [2.75, 3.05) is 6.54 Å². The van der Waals surface area contributed by atoms with Gasteiger partial charge in [0.1, 0.15) is 6.61 Å². The number of alkyl carbamates (subject to hydrolysis) is 1. The van der Waals surface area contributed by atoms with Gasteiger partial charge in [0.2, 0.25) is 5.78 Å². The lowest BCUT2D eigenvalue weighted by Gasteiger charge is -2.22. The van der Waals surface area contributed by atoms with E-state index in [1.165, 1.54) is 0 Å². The van der Waals surface area contributed by atoms with Gasteiger partial charge in [-0.25, -0.2) is 4.79 Å². The van der Waals surface area contributed by atoms with Crippen LogP contribution in [0.4, 0.5) is 4.79 Å². The summed E-state index contributed by atoms with van der Waals surface area (Å²) in [5.74, 6) is -2.32. The molecular weight excluding hydrogens is 460 g/mol. The maximum atomic E-state index is 13.4. The number of hydrogen-bond acceptors (Lipinski definition) is 6. The van der Waals surface area contributed by atoms with E-state index in [1.54, 1.807) is 6.20 Å². The van der Waals surface area contributed by atoms with Gasteiger partial charge >= 0.3 is 6.09 Å². The van der Waals surface area contributed by atoms with Crippen LogP contribution in [0.2, 0.25) is 0 Å². The second-order valence-electron chi connectivity index (χ2n) is 9.76. The number of ketones is 2. The Morgan fingerprint density at radius 3 is 2.67 bits per heavy atom. The van der Waals surface area contributed by atoms with Gasteiger partial charge in [0, 0.05) is 24.6 Å². The number of ether oxygens (including phenoxy) is 1. The van der Waals surface area contributed by atoms with Crippen LogP contribution in [0.3, 0.4) is 0 Å². The standard InChI is InChI=1S/C27H36N4O5/c1-18(2)13-23(30-27(35)36-17-19-9-5-3-6-10-19)24(32)15-20-14-21-16-29-31-22(21)11-7-4-8-12-28-26(34)25(20)33/h3,5-6,9-10,16,18,20,23H,4,7-8,11-15,17H2,1-2H3,(H,28,34)(H,29,31)(H,30,35). The SMILES string of the molecule is CC(C)CC(NC(=O)OCc1ccccc1)C(=O)CC1Cc2cn[nH]c2CCCCCNC(=O)C1=O. The fraction of sp³-hybridized carbons (Fsp3) is 0.519. The van der Waals surface area contributed by atoms with E-state index < -0.39 is 29.7 Å². The molecule has 0 saturated heterocycles. The van der Waals surface area contributed by atoms with Gasteiger partial charge in [0.15, 0.2) is 5.78 Å². The van der Waals surface area contributed by atoms with Gasteiger partial charge in [0.25, 0.3) is 5.91 Å². The van der Waals surface area contributed by atoms with E-state index in [2.05, 4.69) is 20.8 Å². The van der Waals surface area contributed by atoms with Crippen LogP contribution < -0.4 is 10.6 Å². The number of nitrogens with one attached hydrogen (secondary N) is 3. The molecule has 2 aromatic rings. The summed E-state index contributed by atoms with van der Waals surface area (Å²) in [7, 11) is 0. The maximum Gasteiger partial charge on any atom is 0.408 e. The van der Waals surface area contributed by atoms with Gasteiger partial charge < -0.3 is 15.4 Å². The zero-order valence-electron chi connectivity index (χ0n) is 21.0. The van der Waals surface area contributed by atoms with E-state index in [4.69, 9.17) is 4.74 Å². The molecule has 2 amide bonds. The molecule has 2 atom stereocenters. The molecule has 9 heteroatoms. The molecule has 0 bridgehead atoms. The number of hydrogen-bond donors (Lipinski definition) is 3. The van der Waals surface area contributed by atoms with Crippen LogP contribution in [-0.4, -0.2) is 46.4 Å². The van der Waals surface area contributed by atoms with Crippen LogP contribution in [-0.2, 0) is 38.6 Å². The molecule has 3 rings (SSSR count). The number of nitrogens with zero attached hydrogens (tertiary/aromatic N) is 1. The Morgan fingerprint density at radius 1 is 1.14 bits per heavy atom. The number of amides is 2. The molecule has 3 N–H and O–H groups in total. The summed E-state index contributed by atoms with van der Waals surface area (Å²) in [5, 5.41) is 12.5. The van der Waals surface area contributed by atoms with E-state index in [9.17, 15) is 19.2 Å². The van der Waals surface area contributed by atoms with E-state index in [0.717, 1.165) is 42.5 Å². The van der Waals surface area contributed by atoms with E-state index in [1.807, 2.05) is 44.2 Å². The van der Waals surface area contributed by atoms with Crippen LogP contribution in [0.15, 0.2) is 36.5 Å². The predicted octanol–water partition coefficient (Wildman–Crippen LogP) is 3.28. The number of aromatic nitrogens is 2. The van der Waals surface area contributed by atoms with Crippen molar-refractivity contribution in [3.63, 3.8) is 0 Å². The predicted molar refractivity (Wildman–Crippen MR) is 134 cm³/mol. The van der Waals surface area contributed by atoms with Crippen molar-refractivity contribution in [1.82, 2.24) is 20.8 Å². The van der Waals surface area contributed by atoms with Crippen LogP contribution in [0.1, 0.15) is 62.8 Å². The van der Waals surface area contributed by atoms with Crippen LogP contribution in [0.25, 0.3) is 0 Å². The lowest BCUT2D eigenvalue weighted by Crippen LogP contribution is -2.44. The van der Waals surface area contributed by atoms with E-state index in [-0.39, 0.29) is 31.1 Å². The van der Waals surface area contributed by atoms with Crippen molar-refractivity contribution in [2.24, 2.45) is 11.8 Å². The Morgan fingerprint density at radius 2 is 1.92 bits per heavy atom. The second kappa shape index (κ2) is 13.6. The molecule has 0 radical (unpaired) electrons. The Hall–Kier alpha value is -3.49. The zero-order valence-corrected chi connectivity index (χ0v) is 21.0. The van der Waals surface area contributed by atoms with Gasteiger partial charge in [-0.05, 0) is 49.1 Å². The minimum Gasteiger partial charge on any atom is -0.445 e. The molecular formula is C27H36N4O5. The first-order valence-electron chi connectivity index (χ1n) is 12.7. The van der Waals surface area contributed by atoms with Gasteiger partial charge in [-0.15, -0.1) is 0 Å². The van der Waals surface area contributed by atoms with Gasteiger partial charge in [0.05, 0.1) is 12.2 Å². The van der Waals surface area contributed by atoms with Crippen LogP contribution >= 0.6 is 0 Å². The van der Waals surface area contributed by atoms with Crippen molar-refractivity contribution in [3.8, 4) is 0 Å². The number of benzene rings is 1. The van der Waals surface area contributed by atoms with E-state index >= 15 is 0 Å². The normalized spacial score (nSPS) is 17.8. The number of fused-ring (bicyclic) bond motifs is 1. The zero-order chi connectivity index (χ0) is 25.9. The fourth-order valence-corrected chi connectivity index (χ4v) is 4.37. The number of Topliss-reactive ketones (excluding diaryl/α,β-unsaturated/α-hetero) is 2. The molecule has 36 heavy (non-hydrogen) atoms. The fourth-order valence-electron chi connectivity index (χ4n) is 4.37. The number of carbonyl (C=O) groups excluding carboxylic acids is 4.